The highest BCUT2D eigenvalue weighted by Crippen LogP contribution is 2.31. The normalized spacial score (nSPS) is 26.0. The Bertz CT molecular complexity index is 792. The molecule has 1 aliphatic heterocycles. The maximum absolute atomic E-state index is 12.2. The Kier molecular flexibility index (Phi) is 4.91. The summed E-state index contributed by atoms with van der Waals surface area (Å²) in [4.78, 5) is 28.1. The number of esters is 1. The second-order valence-corrected chi connectivity index (χ2v) is 7.40. The Labute approximate surface area is 152 Å². The lowest BCUT2D eigenvalue weighted by molar-refractivity contribution is -0.141. The number of pyridine rings is 1. The van der Waals surface area contributed by atoms with Crippen molar-refractivity contribution >= 4 is 22.9 Å². The van der Waals surface area contributed by atoms with Gasteiger partial charge in [0.2, 0.25) is 5.91 Å². The highest BCUT2D eigenvalue weighted by atomic mass is 16.5. The number of hydrogen-bond acceptors (Lipinski definition) is 4. The zero-order valence-corrected chi connectivity index (χ0v) is 14.9. The van der Waals surface area contributed by atoms with Crippen LogP contribution in [0.4, 0.5) is 0 Å². The minimum absolute atomic E-state index is 0.0567. The lowest BCUT2D eigenvalue weighted by atomic mass is 9.90. The molecule has 0 aromatic carbocycles. The third kappa shape index (κ3) is 3.59. The summed E-state index contributed by atoms with van der Waals surface area (Å²) >= 11 is 0. The summed E-state index contributed by atoms with van der Waals surface area (Å²) in [5, 5.41) is 4.32. The zero-order valence-electron chi connectivity index (χ0n) is 14.9. The third-order valence-electron chi connectivity index (χ3n) is 5.70. The van der Waals surface area contributed by atoms with Crippen LogP contribution in [0.15, 0.2) is 30.6 Å². The number of nitrogens with one attached hydrogen (secondary N) is 1. The van der Waals surface area contributed by atoms with Crippen LogP contribution in [0.25, 0.3) is 11.0 Å². The van der Waals surface area contributed by atoms with Gasteiger partial charge in [0.1, 0.15) is 5.65 Å². The number of nitrogens with zero attached hydrogens (tertiary/aromatic N) is 2. The van der Waals surface area contributed by atoms with Gasteiger partial charge in [-0.25, -0.2) is 4.98 Å². The maximum atomic E-state index is 12.2. The first kappa shape index (κ1) is 17.1. The monoisotopic (exact) mass is 355 g/mol. The van der Waals surface area contributed by atoms with Gasteiger partial charge in [0.15, 0.2) is 0 Å². The van der Waals surface area contributed by atoms with Crippen LogP contribution in [0.3, 0.4) is 0 Å². The molecule has 1 unspecified atom stereocenters. The van der Waals surface area contributed by atoms with Crippen molar-refractivity contribution in [3.8, 4) is 0 Å². The zero-order chi connectivity index (χ0) is 17.9. The summed E-state index contributed by atoms with van der Waals surface area (Å²) in [6.45, 7) is 0.498. The molecule has 6 heteroatoms. The van der Waals surface area contributed by atoms with Crippen molar-refractivity contribution in [1.29, 1.82) is 0 Å². The second kappa shape index (κ2) is 7.48. The summed E-state index contributed by atoms with van der Waals surface area (Å²) in [6.07, 6.45) is 9.76. The van der Waals surface area contributed by atoms with E-state index in [1.807, 2.05) is 12.3 Å². The Balaban J connectivity index is 1.26. The van der Waals surface area contributed by atoms with E-state index >= 15 is 0 Å². The fourth-order valence-corrected chi connectivity index (χ4v) is 4.18. The molecule has 6 nitrogen and oxygen atoms in total. The molecule has 2 aliphatic rings. The average molecular weight is 355 g/mol. The first-order chi connectivity index (χ1) is 12.7. The predicted molar refractivity (Wildman–Crippen MR) is 97.5 cm³/mol. The largest absolute Gasteiger partial charge is 0.465 e. The van der Waals surface area contributed by atoms with Crippen LogP contribution in [0.2, 0.25) is 0 Å². The fraction of sp³-hybridized carbons (Fsp3) is 0.550. The smallest absolute Gasteiger partial charge is 0.309 e. The minimum Gasteiger partial charge on any atom is -0.465 e. The van der Waals surface area contributed by atoms with E-state index in [0.29, 0.717) is 25.5 Å². The molecule has 1 aliphatic carbocycles. The Morgan fingerprint density at radius 2 is 2.08 bits per heavy atom. The number of ether oxygens (including phenoxy) is 1. The molecule has 1 saturated heterocycles. The maximum Gasteiger partial charge on any atom is 0.309 e. The van der Waals surface area contributed by atoms with Gasteiger partial charge in [-0.2, -0.15) is 0 Å². The van der Waals surface area contributed by atoms with E-state index in [9.17, 15) is 9.59 Å². The second-order valence-electron chi connectivity index (χ2n) is 7.40. The van der Waals surface area contributed by atoms with E-state index in [2.05, 4.69) is 33.2 Å². The molecule has 3 heterocycles. The average Bonchev–Trinajstić information content (AvgIpc) is 3.27. The summed E-state index contributed by atoms with van der Waals surface area (Å²) in [5.74, 6) is -0.182. The first-order valence-electron chi connectivity index (χ1n) is 9.58. The molecule has 26 heavy (non-hydrogen) atoms. The molecule has 0 bridgehead atoms. The van der Waals surface area contributed by atoms with Crippen molar-refractivity contribution in [1.82, 2.24) is 14.9 Å². The number of hydrogen-bond donors (Lipinski definition) is 1. The van der Waals surface area contributed by atoms with E-state index in [1.165, 1.54) is 5.39 Å². The van der Waals surface area contributed by atoms with Crippen LogP contribution in [-0.2, 0) is 14.3 Å². The van der Waals surface area contributed by atoms with Crippen LogP contribution in [0.1, 0.15) is 51.0 Å². The van der Waals surface area contributed by atoms with Crippen molar-refractivity contribution in [2.75, 3.05) is 6.61 Å². The number of rotatable bonds is 5. The highest BCUT2D eigenvalue weighted by molar-refractivity contribution is 5.78. The number of carbonyl (C=O) groups excluding carboxylic acids is 2. The SMILES string of the molecule is O=C(CCC1CCOC1=O)NC1CCC(n2ccc3cccnc32)CC1. The van der Waals surface area contributed by atoms with Gasteiger partial charge in [-0.05, 0) is 56.7 Å². The van der Waals surface area contributed by atoms with Gasteiger partial charge in [0, 0.05) is 36.3 Å². The fourth-order valence-electron chi connectivity index (χ4n) is 4.18. The summed E-state index contributed by atoms with van der Waals surface area (Å²) in [7, 11) is 0. The van der Waals surface area contributed by atoms with Gasteiger partial charge in [-0.3, -0.25) is 9.59 Å². The number of amides is 1. The topological polar surface area (TPSA) is 73.2 Å². The van der Waals surface area contributed by atoms with Crippen molar-refractivity contribution in [2.24, 2.45) is 5.92 Å². The molecule has 1 atom stereocenters. The Morgan fingerprint density at radius 3 is 2.85 bits per heavy atom. The molecule has 0 spiro atoms. The van der Waals surface area contributed by atoms with E-state index < -0.39 is 0 Å². The van der Waals surface area contributed by atoms with E-state index in [4.69, 9.17) is 4.74 Å². The molecular formula is C20H25N3O3. The van der Waals surface area contributed by atoms with Gasteiger partial charge in [0.25, 0.3) is 0 Å². The standard InChI is InChI=1S/C20H25N3O3/c24-18(8-3-15-10-13-26-20(15)25)22-16-4-6-17(7-5-16)23-12-9-14-2-1-11-21-19(14)23/h1-2,9,11-12,15-17H,3-8,10,13H2,(H,22,24). The highest BCUT2D eigenvalue weighted by Gasteiger charge is 2.28. The summed E-state index contributed by atoms with van der Waals surface area (Å²) < 4.78 is 7.22. The molecule has 1 N–H and O–H groups in total. The molecule has 1 saturated carbocycles. The first-order valence-corrected chi connectivity index (χ1v) is 9.58. The molecule has 2 aromatic heterocycles. The number of carbonyl (C=O) groups is 2. The van der Waals surface area contributed by atoms with Crippen LogP contribution >= 0.6 is 0 Å². The van der Waals surface area contributed by atoms with Crippen LogP contribution < -0.4 is 5.32 Å². The van der Waals surface area contributed by atoms with Crippen LogP contribution in [0.5, 0.6) is 0 Å². The van der Waals surface area contributed by atoms with Gasteiger partial charge in [-0.1, -0.05) is 0 Å². The quantitative estimate of drug-likeness (QED) is 0.837. The minimum atomic E-state index is -0.147. The van der Waals surface area contributed by atoms with Crippen LogP contribution in [-0.4, -0.2) is 34.1 Å². The van der Waals surface area contributed by atoms with Gasteiger partial charge in [0.05, 0.1) is 12.5 Å². The van der Waals surface area contributed by atoms with Crippen molar-refractivity contribution in [2.45, 2.75) is 57.0 Å². The van der Waals surface area contributed by atoms with Gasteiger partial charge in [-0.15, -0.1) is 0 Å². The molecule has 0 radical (unpaired) electrons. The van der Waals surface area contributed by atoms with Crippen LogP contribution in [0, 0.1) is 5.92 Å². The molecular weight excluding hydrogens is 330 g/mol. The van der Waals surface area contributed by atoms with E-state index in [-0.39, 0.29) is 23.8 Å². The van der Waals surface area contributed by atoms with Crippen molar-refractivity contribution < 1.29 is 14.3 Å². The summed E-state index contributed by atoms with van der Waals surface area (Å²) in [5.41, 5.74) is 1.04. The molecule has 1 amide bonds. The molecule has 2 aromatic rings. The number of cyclic esters (lactones) is 1. The molecule has 4 rings (SSSR count). The lowest BCUT2D eigenvalue weighted by Gasteiger charge is -2.30. The number of fused-ring (bicyclic) bond motifs is 1. The lowest BCUT2D eigenvalue weighted by Crippen LogP contribution is -2.38. The predicted octanol–water partition coefficient (Wildman–Crippen LogP) is 2.98. The van der Waals surface area contributed by atoms with Gasteiger partial charge < -0.3 is 14.6 Å². The van der Waals surface area contributed by atoms with E-state index in [0.717, 1.165) is 37.8 Å². The molecule has 138 valence electrons. The Morgan fingerprint density at radius 1 is 1.23 bits per heavy atom. The molecule has 2 fully saturated rings. The Hall–Kier alpha value is -2.37. The van der Waals surface area contributed by atoms with E-state index in [1.54, 1.807) is 0 Å². The number of aromatic nitrogens is 2. The van der Waals surface area contributed by atoms with Crippen molar-refractivity contribution in [3.63, 3.8) is 0 Å². The van der Waals surface area contributed by atoms with Crippen molar-refractivity contribution in [3.05, 3.63) is 30.6 Å². The summed E-state index contributed by atoms with van der Waals surface area (Å²) in [6, 6.07) is 6.85. The van der Waals surface area contributed by atoms with Gasteiger partial charge >= 0.3 is 5.97 Å². The third-order valence-corrected chi connectivity index (χ3v) is 5.70.